The Hall–Kier alpha value is -2.02. The first-order chi connectivity index (χ1) is 9.51. The van der Waals surface area contributed by atoms with Gasteiger partial charge in [-0.05, 0) is 18.2 Å². The largest absolute Gasteiger partial charge is 0.409 e. The third kappa shape index (κ3) is 3.11. The molecule has 1 heterocycles. The number of anilines is 1. The lowest BCUT2D eigenvalue weighted by atomic mass is 10.1. The molecule has 0 radical (unpaired) electrons. The predicted octanol–water partition coefficient (Wildman–Crippen LogP) is 1.91. The van der Waals surface area contributed by atoms with Gasteiger partial charge in [0.2, 0.25) is 0 Å². The standard InChI is InChI=1S/C13H16BrN5O/c1-18(7-9-6-16-19(2)8-9)12-5-10(14)3-4-11(12)13(15)17-20/h3-6,8,20H,7H2,1-2H3,(H2,15,17). The van der Waals surface area contributed by atoms with Gasteiger partial charge in [0.25, 0.3) is 0 Å². The molecule has 6 nitrogen and oxygen atoms in total. The van der Waals surface area contributed by atoms with E-state index in [1.165, 1.54) is 0 Å². The van der Waals surface area contributed by atoms with E-state index in [2.05, 4.69) is 26.2 Å². The summed E-state index contributed by atoms with van der Waals surface area (Å²) in [5, 5.41) is 16.1. The zero-order chi connectivity index (χ0) is 14.7. The molecule has 0 amide bonds. The number of benzene rings is 1. The van der Waals surface area contributed by atoms with E-state index in [0.29, 0.717) is 12.1 Å². The Morgan fingerprint density at radius 3 is 2.90 bits per heavy atom. The van der Waals surface area contributed by atoms with Crippen LogP contribution in [-0.2, 0) is 13.6 Å². The lowest BCUT2D eigenvalue weighted by Gasteiger charge is -2.21. The van der Waals surface area contributed by atoms with E-state index in [-0.39, 0.29) is 5.84 Å². The third-order valence-corrected chi connectivity index (χ3v) is 3.43. The molecular formula is C13H16BrN5O. The summed E-state index contributed by atoms with van der Waals surface area (Å²) >= 11 is 3.44. The monoisotopic (exact) mass is 337 g/mol. The Morgan fingerprint density at radius 2 is 2.30 bits per heavy atom. The first kappa shape index (κ1) is 14.4. The average molecular weight is 338 g/mol. The highest BCUT2D eigenvalue weighted by molar-refractivity contribution is 9.10. The SMILES string of the molecule is CN(Cc1cnn(C)c1)c1cc(Br)ccc1/C(N)=N/O. The molecule has 7 heteroatoms. The summed E-state index contributed by atoms with van der Waals surface area (Å²) in [6, 6.07) is 5.60. The van der Waals surface area contributed by atoms with Gasteiger partial charge in [0.15, 0.2) is 5.84 Å². The Bertz CT molecular complexity index is 637. The topological polar surface area (TPSA) is 79.7 Å². The Morgan fingerprint density at radius 1 is 1.55 bits per heavy atom. The maximum atomic E-state index is 8.88. The summed E-state index contributed by atoms with van der Waals surface area (Å²) in [7, 11) is 3.83. The zero-order valence-electron chi connectivity index (χ0n) is 11.3. The van der Waals surface area contributed by atoms with Crippen molar-refractivity contribution < 1.29 is 5.21 Å². The molecule has 2 aromatic rings. The van der Waals surface area contributed by atoms with Crippen LogP contribution in [0.1, 0.15) is 11.1 Å². The van der Waals surface area contributed by atoms with E-state index >= 15 is 0 Å². The fraction of sp³-hybridized carbons (Fsp3) is 0.231. The zero-order valence-corrected chi connectivity index (χ0v) is 12.9. The van der Waals surface area contributed by atoms with Crippen molar-refractivity contribution in [1.29, 1.82) is 0 Å². The van der Waals surface area contributed by atoms with Gasteiger partial charge in [-0.1, -0.05) is 21.1 Å². The molecule has 0 unspecified atom stereocenters. The first-order valence-corrected chi connectivity index (χ1v) is 6.76. The molecule has 20 heavy (non-hydrogen) atoms. The smallest absolute Gasteiger partial charge is 0.172 e. The van der Waals surface area contributed by atoms with Crippen molar-refractivity contribution in [2.45, 2.75) is 6.54 Å². The van der Waals surface area contributed by atoms with Crippen LogP contribution >= 0.6 is 15.9 Å². The summed E-state index contributed by atoms with van der Waals surface area (Å²) in [5.41, 5.74) is 8.36. The van der Waals surface area contributed by atoms with Gasteiger partial charge in [0, 0.05) is 48.1 Å². The van der Waals surface area contributed by atoms with Gasteiger partial charge in [-0.15, -0.1) is 0 Å². The number of nitrogens with two attached hydrogens (primary N) is 1. The second-order valence-corrected chi connectivity index (χ2v) is 5.44. The van der Waals surface area contributed by atoms with Crippen LogP contribution in [0.4, 0.5) is 5.69 Å². The van der Waals surface area contributed by atoms with Gasteiger partial charge in [-0.25, -0.2) is 0 Å². The molecule has 0 bridgehead atoms. The van der Waals surface area contributed by atoms with Crippen molar-refractivity contribution in [1.82, 2.24) is 9.78 Å². The van der Waals surface area contributed by atoms with Crippen LogP contribution in [0.5, 0.6) is 0 Å². The van der Waals surface area contributed by atoms with Crippen LogP contribution in [0.2, 0.25) is 0 Å². The van der Waals surface area contributed by atoms with Crippen LogP contribution in [0.15, 0.2) is 40.2 Å². The van der Waals surface area contributed by atoms with E-state index in [1.807, 2.05) is 49.6 Å². The van der Waals surface area contributed by atoms with Crippen LogP contribution in [0.25, 0.3) is 0 Å². The second kappa shape index (κ2) is 5.96. The average Bonchev–Trinajstić information content (AvgIpc) is 2.83. The van der Waals surface area contributed by atoms with Gasteiger partial charge >= 0.3 is 0 Å². The van der Waals surface area contributed by atoms with Crippen LogP contribution < -0.4 is 10.6 Å². The molecule has 3 N–H and O–H groups in total. The maximum absolute atomic E-state index is 8.88. The van der Waals surface area contributed by atoms with Crippen molar-refractivity contribution in [3.63, 3.8) is 0 Å². The molecule has 0 aliphatic carbocycles. The molecule has 0 fully saturated rings. The van der Waals surface area contributed by atoms with E-state index in [9.17, 15) is 0 Å². The lowest BCUT2D eigenvalue weighted by Crippen LogP contribution is -2.22. The first-order valence-electron chi connectivity index (χ1n) is 5.97. The molecule has 1 aromatic heterocycles. The molecule has 0 aliphatic heterocycles. The molecule has 0 saturated heterocycles. The highest BCUT2D eigenvalue weighted by Gasteiger charge is 2.12. The molecule has 0 spiro atoms. The van der Waals surface area contributed by atoms with Gasteiger partial charge in [-0.2, -0.15) is 5.10 Å². The van der Waals surface area contributed by atoms with Crippen LogP contribution in [-0.4, -0.2) is 27.9 Å². The van der Waals surface area contributed by atoms with Crippen molar-refractivity contribution in [2.24, 2.45) is 17.9 Å². The van der Waals surface area contributed by atoms with Crippen molar-refractivity contribution in [2.75, 3.05) is 11.9 Å². The molecule has 106 valence electrons. The van der Waals surface area contributed by atoms with E-state index in [0.717, 1.165) is 15.7 Å². The van der Waals surface area contributed by atoms with E-state index < -0.39 is 0 Å². The molecule has 0 atom stereocenters. The third-order valence-electron chi connectivity index (χ3n) is 2.93. The Balaban J connectivity index is 2.32. The second-order valence-electron chi connectivity index (χ2n) is 4.53. The highest BCUT2D eigenvalue weighted by atomic mass is 79.9. The summed E-state index contributed by atoms with van der Waals surface area (Å²) in [6.45, 7) is 0.677. The molecule has 1 aromatic carbocycles. The number of hydrogen-bond acceptors (Lipinski definition) is 4. The number of nitrogens with zero attached hydrogens (tertiary/aromatic N) is 4. The highest BCUT2D eigenvalue weighted by Crippen LogP contribution is 2.25. The number of oxime groups is 1. The number of amidine groups is 1. The minimum atomic E-state index is 0.0885. The minimum absolute atomic E-state index is 0.0885. The van der Waals surface area contributed by atoms with E-state index in [1.54, 1.807) is 4.68 Å². The normalized spacial score (nSPS) is 11.7. The number of hydrogen-bond donors (Lipinski definition) is 2. The maximum Gasteiger partial charge on any atom is 0.172 e. The number of halogens is 1. The van der Waals surface area contributed by atoms with Gasteiger partial charge in [-0.3, -0.25) is 4.68 Å². The molecule has 0 saturated carbocycles. The number of aryl methyl sites for hydroxylation is 1. The van der Waals surface area contributed by atoms with Crippen molar-refractivity contribution in [3.8, 4) is 0 Å². The Labute approximate surface area is 125 Å². The predicted molar refractivity (Wildman–Crippen MR) is 82.0 cm³/mol. The summed E-state index contributed by atoms with van der Waals surface area (Å²) < 4.78 is 2.69. The number of aromatic nitrogens is 2. The van der Waals surface area contributed by atoms with Crippen LogP contribution in [0.3, 0.4) is 0 Å². The van der Waals surface area contributed by atoms with Gasteiger partial charge in [0.05, 0.1) is 6.20 Å². The summed E-state index contributed by atoms with van der Waals surface area (Å²) in [5.74, 6) is 0.0885. The van der Waals surface area contributed by atoms with Gasteiger partial charge in [0.1, 0.15) is 0 Å². The summed E-state index contributed by atoms with van der Waals surface area (Å²) in [4.78, 5) is 2.02. The van der Waals surface area contributed by atoms with Crippen molar-refractivity contribution in [3.05, 3.63) is 46.2 Å². The fourth-order valence-electron chi connectivity index (χ4n) is 2.00. The fourth-order valence-corrected chi connectivity index (χ4v) is 2.35. The van der Waals surface area contributed by atoms with Gasteiger partial charge < -0.3 is 15.8 Å². The van der Waals surface area contributed by atoms with Crippen LogP contribution in [0, 0.1) is 0 Å². The molecular weight excluding hydrogens is 322 g/mol. The minimum Gasteiger partial charge on any atom is -0.409 e. The molecule has 0 aliphatic rings. The molecule has 2 rings (SSSR count). The van der Waals surface area contributed by atoms with E-state index in [4.69, 9.17) is 10.9 Å². The summed E-state index contributed by atoms with van der Waals surface area (Å²) in [6.07, 6.45) is 3.77. The Kier molecular flexibility index (Phi) is 4.29. The number of rotatable bonds is 4. The lowest BCUT2D eigenvalue weighted by molar-refractivity contribution is 0.318. The van der Waals surface area contributed by atoms with Crippen molar-refractivity contribution >= 4 is 27.5 Å². The quantitative estimate of drug-likeness (QED) is 0.386.